The van der Waals surface area contributed by atoms with Gasteiger partial charge in [-0.2, -0.15) is 26.3 Å². The molecular formula is C24H26F6N2O3. The Bertz CT molecular complexity index is 1100. The van der Waals surface area contributed by atoms with Crippen LogP contribution in [0.15, 0.2) is 30.3 Å². The first-order chi connectivity index (χ1) is 16.3. The molecule has 2 aromatic carbocycles. The van der Waals surface area contributed by atoms with Gasteiger partial charge in [0.1, 0.15) is 16.9 Å². The average molecular weight is 504 g/mol. The molecule has 2 aliphatic rings. The lowest BCUT2D eigenvalue weighted by molar-refractivity contribution is -0.185. The molecule has 1 unspecified atom stereocenters. The van der Waals surface area contributed by atoms with Gasteiger partial charge in [-0.25, -0.2) is 0 Å². The van der Waals surface area contributed by atoms with E-state index in [-0.39, 0.29) is 49.8 Å². The summed E-state index contributed by atoms with van der Waals surface area (Å²) in [6, 6.07) is 7.23. The van der Waals surface area contributed by atoms with Crippen molar-refractivity contribution in [3.63, 3.8) is 0 Å². The molecule has 2 aromatic rings. The third kappa shape index (κ3) is 5.50. The number of aliphatic carboxylic acids is 1. The first-order valence-corrected chi connectivity index (χ1v) is 11.4. The van der Waals surface area contributed by atoms with Crippen molar-refractivity contribution in [1.29, 1.82) is 0 Å². The van der Waals surface area contributed by atoms with Crippen LogP contribution in [-0.2, 0) is 17.5 Å². The monoisotopic (exact) mass is 504 g/mol. The largest absolute Gasteiger partial charge is 0.490 e. The minimum atomic E-state index is -4.73. The molecule has 1 aliphatic carbocycles. The van der Waals surface area contributed by atoms with E-state index >= 15 is 0 Å². The van der Waals surface area contributed by atoms with E-state index in [1.807, 2.05) is 4.90 Å². The molecule has 1 atom stereocenters. The fraction of sp³-hybridized carbons (Fsp3) is 0.542. The second-order valence-electron chi connectivity index (χ2n) is 9.55. The Labute approximate surface area is 197 Å². The van der Waals surface area contributed by atoms with Gasteiger partial charge < -0.3 is 15.6 Å². The normalized spacial score (nSPS) is 26.3. The molecule has 11 heteroatoms. The molecule has 1 saturated heterocycles. The number of rotatable bonds is 5. The Kier molecular flexibility index (Phi) is 6.69. The first kappa shape index (κ1) is 25.6. The molecule has 192 valence electrons. The lowest BCUT2D eigenvalue weighted by Gasteiger charge is -2.31. The summed E-state index contributed by atoms with van der Waals surface area (Å²) < 4.78 is 86.4. The maximum atomic E-state index is 14.0. The van der Waals surface area contributed by atoms with E-state index in [0.29, 0.717) is 24.0 Å². The van der Waals surface area contributed by atoms with Crippen molar-refractivity contribution in [2.75, 3.05) is 13.1 Å². The minimum Gasteiger partial charge on any atom is -0.490 e. The number of ether oxygens (including phenoxy) is 1. The fourth-order valence-electron chi connectivity index (χ4n) is 5.02. The van der Waals surface area contributed by atoms with Crippen LogP contribution in [0.3, 0.4) is 0 Å². The number of alkyl halides is 6. The Morgan fingerprint density at radius 3 is 2.34 bits per heavy atom. The summed E-state index contributed by atoms with van der Waals surface area (Å²) >= 11 is 0. The van der Waals surface area contributed by atoms with Crippen LogP contribution in [0.25, 0.3) is 10.8 Å². The van der Waals surface area contributed by atoms with Crippen molar-refractivity contribution in [3.8, 4) is 5.75 Å². The Morgan fingerprint density at radius 2 is 1.77 bits per heavy atom. The summed E-state index contributed by atoms with van der Waals surface area (Å²) in [5.74, 6) is -2.93. The minimum absolute atomic E-state index is 0.0350. The smallest absolute Gasteiger partial charge is 0.420 e. The zero-order valence-electron chi connectivity index (χ0n) is 18.8. The van der Waals surface area contributed by atoms with Gasteiger partial charge in [0.05, 0.1) is 12.0 Å². The topological polar surface area (TPSA) is 75.8 Å². The zero-order chi connectivity index (χ0) is 25.6. The van der Waals surface area contributed by atoms with E-state index in [9.17, 15) is 36.2 Å². The zero-order valence-corrected chi connectivity index (χ0v) is 18.8. The summed E-state index contributed by atoms with van der Waals surface area (Å²) in [5, 5.41) is 9.54. The van der Waals surface area contributed by atoms with Gasteiger partial charge in [-0.15, -0.1) is 0 Å². The molecule has 35 heavy (non-hydrogen) atoms. The predicted molar refractivity (Wildman–Crippen MR) is 116 cm³/mol. The highest BCUT2D eigenvalue weighted by Crippen LogP contribution is 2.44. The second kappa shape index (κ2) is 9.16. The molecule has 0 amide bonds. The molecule has 1 heterocycles. The number of nitrogens with two attached hydrogens (primary N) is 1. The van der Waals surface area contributed by atoms with E-state index in [1.165, 1.54) is 18.2 Å². The number of fused-ring (bicyclic) bond motifs is 1. The van der Waals surface area contributed by atoms with Crippen molar-refractivity contribution in [2.24, 2.45) is 11.7 Å². The summed E-state index contributed by atoms with van der Waals surface area (Å²) in [7, 11) is 0. The number of carboxylic acid groups (broad SMARTS) is 1. The molecule has 2 fully saturated rings. The third-order valence-corrected chi connectivity index (χ3v) is 6.97. The number of hydrogen-bond donors (Lipinski definition) is 2. The first-order valence-electron chi connectivity index (χ1n) is 11.4. The number of hydrogen-bond acceptors (Lipinski definition) is 4. The lowest BCUT2D eigenvalue weighted by Crippen LogP contribution is -2.50. The third-order valence-electron chi connectivity index (χ3n) is 6.97. The Morgan fingerprint density at radius 1 is 1.09 bits per heavy atom. The molecule has 0 radical (unpaired) electrons. The van der Waals surface area contributed by atoms with Crippen molar-refractivity contribution in [2.45, 2.75) is 62.6 Å². The summed E-state index contributed by atoms with van der Waals surface area (Å²) in [6.45, 7) is 0.930. The van der Waals surface area contributed by atoms with Crippen LogP contribution in [0, 0.1) is 5.92 Å². The van der Waals surface area contributed by atoms with E-state index in [1.54, 1.807) is 12.1 Å². The van der Waals surface area contributed by atoms with Gasteiger partial charge in [0, 0.05) is 19.6 Å². The summed E-state index contributed by atoms with van der Waals surface area (Å²) in [6.07, 6.45) is -9.75. The van der Waals surface area contributed by atoms with Gasteiger partial charge in [0.2, 0.25) is 0 Å². The van der Waals surface area contributed by atoms with Crippen LogP contribution >= 0.6 is 0 Å². The number of nitrogens with zero attached hydrogens (tertiary/aromatic N) is 1. The quantitative estimate of drug-likeness (QED) is 0.538. The molecule has 0 bridgehead atoms. The van der Waals surface area contributed by atoms with Crippen molar-refractivity contribution in [1.82, 2.24) is 4.90 Å². The van der Waals surface area contributed by atoms with Crippen LogP contribution in [0.4, 0.5) is 26.3 Å². The van der Waals surface area contributed by atoms with Crippen LogP contribution in [-0.4, -0.2) is 46.9 Å². The van der Waals surface area contributed by atoms with E-state index in [2.05, 4.69) is 0 Å². The van der Waals surface area contributed by atoms with Gasteiger partial charge in [-0.1, -0.05) is 18.2 Å². The van der Waals surface area contributed by atoms with Gasteiger partial charge in [0.15, 0.2) is 0 Å². The van der Waals surface area contributed by atoms with Gasteiger partial charge in [-0.05, 0) is 60.6 Å². The second-order valence-corrected chi connectivity index (χ2v) is 9.55. The Hall–Kier alpha value is -2.53. The van der Waals surface area contributed by atoms with Gasteiger partial charge >= 0.3 is 18.3 Å². The Balaban J connectivity index is 1.54. The highest BCUT2D eigenvalue weighted by molar-refractivity contribution is 5.89. The molecule has 1 aliphatic heterocycles. The standard InChI is InChI=1S/C24H26F6N2O3/c25-23(26,27)16-3-5-17(6-4-16)35-19-8-2-15-11-14(1-7-18(15)20(19)24(28,29)30)12-32-10-9-22(31,13-32)21(33)34/h1-2,7-8,11,16-17H,3-6,9-10,12-13,31H2,(H,33,34). The van der Waals surface area contributed by atoms with E-state index in [4.69, 9.17) is 10.5 Å². The van der Waals surface area contributed by atoms with Crippen molar-refractivity contribution < 1.29 is 41.0 Å². The van der Waals surface area contributed by atoms with Crippen molar-refractivity contribution in [3.05, 3.63) is 41.5 Å². The SMILES string of the molecule is NC1(C(=O)O)CCN(Cc2ccc3c(C(F)(F)F)c(OC4CCC(C(F)(F)F)CC4)ccc3c2)C1. The molecule has 3 N–H and O–H groups in total. The van der Waals surface area contributed by atoms with Crippen LogP contribution in [0.2, 0.25) is 0 Å². The maximum Gasteiger partial charge on any atom is 0.420 e. The highest BCUT2D eigenvalue weighted by Gasteiger charge is 2.43. The lowest BCUT2D eigenvalue weighted by atomic mass is 9.87. The van der Waals surface area contributed by atoms with Crippen LogP contribution in [0.1, 0.15) is 43.2 Å². The van der Waals surface area contributed by atoms with E-state index < -0.39 is 41.4 Å². The maximum absolute atomic E-state index is 14.0. The molecule has 0 spiro atoms. The molecule has 5 nitrogen and oxygen atoms in total. The number of carbonyl (C=O) groups is 1. The summed E-state index contributed by atoms with van der Waals surface area (Å²) in [4.78, 5) is 13.2. The average Bonchev–Trinajstić information content (AvgIpc) is 3.14. The number of carboxylic acids is 1. The highest BCUT2D eigenvalue weighted by atomic mass is 19.4. The molecular weight excluding hydrogens is 478 g/mol. The van der Waals surface area contributed by atoms with Crippen LogP contribution < -0.4 is 10.5 Å². The predicted octanol–water partition coefficient (Wildman–Crippen LogP) is 5.35. The van der Waals surface area contributed by atoms with Crippen LogP contribution in [0.5, 0.6) is 5.75 Å². The summed E-state index contributed by atoms with van der Waals surface area (Å²) in [5.41, 5.74) is 4.31. The number of likely N-dealkylation sites (tertiary alicyclic amines) is 1. The molecule has 0 aromatic heterocycles. The fourth-order valence-corrected chi connectivity index (χ4v) is 5.02. The van der Waals surface area contributed by atoms with Gasteiger partial charge in [0.25, 0.3) is 0 Å². The number of benzene rings is 2. The van der Waals surface area contributed by atoms with Gasteiger partial charge in [-0.3, -0.25) is 9.69 Å². The van der Waals surface area contributed by atoms with Crippen molar-refractivity contribution >= 4 is 16.7 Å². The van der Waals surface area contributed by atoms with E-state index in [0.717, 1.165) is 0 Å². The molecule has 4 rings (SSSR count). The number of halogens is 6. The molecule has 1 saturated carbocycles.